The van der Waals surface area contributed by atoms with Crippen LogP contribution < -0.4 is 10.0 Å². The van der Waals surface area contributed by atoms with Gasteiger partial charge in [0.2, 0.25) is 10.0 Å². The second-order valence-corrected chi connectivity index (χ2v) is 10.7. The molecule has 0 aliphatic heterocycles. The van der Waals surface area contributed by atoms with Crippen molar-refractivity contribution in [2.75, 3.05) is 25.9 Å². The Hall–Kier alpha value is -2.71. The van der Waals surface area contributed by atoms with Crippen molar-refractivity contribution in [1.29, 1.82) is 0 Å². The van der Waals surface area contributed by atoms with Gasteiger partial charge in [0.1, 0.15) is 0 Å². The maximum Gasteiger partial charge on any atom is 0.241 e. The molecule has 1 aromatic heterocycles. The SMILES string of the molecule is CSc1ccc(CCCNCCNS(=O)(=O)c2cc(-c3ccccc3)cc3cnccc23)cc1. The molecular formula is C27H29N3O2S2. The lowest BCUT2D eigenvalue weighted by atomic mass is 10.0. The van der Waals surface area contributed by atoms with Crippen molar-refractivity contribution in [2.24, 2.45) is 0 Å². The maximum atomic E-state index is 13.2. The molecule has 4 aromatic rings. The summed E-state index contributed by atoms with van der Waals surface area (Å²) >= 11 is 1.74. The van der Waals surface area contributed by atoms with Gasteiger partial charge in [-0.25, -0.2) is 13.1 Å². The predicted molar refractivity (Wildman–Crippen MR) is 142 cm³/mol. The molecule has 1 heterocycles. The van der Waals surface area contributed by atoms with Crippen molar-refractivity contribution in [3.05, 3.63) is 90.8 Å². The van der Waals surface area contributed by atoms with E-state index >= 15 is 0 Å². The Labute approximate surface area is 206 Å². The van der Waals surface area contributed by atoms with Crippen LogP contribution in [0, 0.1) is 0 Å². The first-order valence-electron chi connectivity index (χ1n) is 11.3. The van der Waals surface area contributed by atoms with Gasteiger partial charge in [0.15, 0.2) is 0 Å². The lowest BCUT2D eigenvalue weighted by Gasteiger charge is -2.13. The molecule has 2 N–H and O–H groups in total. The molecule has 0 fully saturated rings. The number of nitrogens with one attached hydrogen (secondary N) is 2. The van der Waals surface area contributed by atoms with Crippen molar-refractivity contribution < 1.29 is 8.42 Å². The molecule has 0 amide bonds. The molecule has 7 heteroatoms. The van der Waals surface area contributed by atoms with E-state index in [2.05, 4.69) is 45.5 Å². The second kappa shape index (κ2) is 11.6. The molecule has 5 nitrogen and oxygen atoms in total. The molecule has 0 unspecified atom stereocenters. The minimum absolute atomic E-state index is 0.278. The van der Waals surface area contributed by atoms with Crippen molar-refractivity contribution in [2.45, 2.75) is 22.6 Å². The van der Waals surface area contributed by atoms with E-state index in [9.17, 15) is 8.42 Å². The van der Waals surface area contributed by atoms with Crippen LogP contribution in [0.3, 0.4) is 0 Å². The smallest absolute Gasteiger partial charge is 0.241 e. The molecule has 0 aliphatic rings. The van der Waals surface area contributed by atoms with Gasteiger partial charge in [-0.15, -0.1) is 11.8 Å². The van der Waals surface area contributed by atoms with E-state index in [1.807, 2.05) is 36.4 Å². The van der Waals surface area contributed by atoms with Crippen molar-refractivity contribution in [3.8, 4) is 11.1 Å². The topological polar surface area (TPSA) is 71.1 Å². The molecule has 0 radical (unpaired) electrons. The van der Waals surface area contributed by atoms with Gasteiger partial charge in [-0.1, -0.05) is 42.5 Å². The zero-order valence-corrected chi connectivity index (χ0v) is 20.8. The number of hydrogen-bond donors (Lipinski definition) is 2. The molecule has 176 valence electrons. The highest BCUT2D eigenvalue weighted by molar-refractivity contribution is 7.98. The lowest BCUT2D eigenvalue weighted by Crippen LogP contribution is -2.32. The van der Waals surface area contributed by atoms with Gasteiger partial charge in [0.25, 0.3) is 0 Å². The molecule has 0 atom stereocenters. The Balaban J connectivity index is 1.35. The van der Waals surface area contributed by atoms with Gasteiger partial charge in [0, 0.05) is 41.2 Å². The summed E-state index contributed by atoms with van der Waals surface area (Å²) in [4.78, 5) is 5.73. The molecule has 4 rings (SSSR count). The van der Waals surface area contributed by atoms with E-state index < -0.39 is 10.0 Å². The highest BCUT2D eigenvalue weighted by Gasteiger charge is 2.18. The van der Waals surface area contributed by atoms with Crippen LogP contribution in [0.1, 0.15) is 12.0 Å². The van der Waals surface area contributed by atoms with Gasteiger partial charge < -0.3 is 5.32 Å². The number of rotatable bonds is 11. The van der Waals surface area contributed by atoms with E-state index in [1.54, 1.807) is 36.3 Å². The van der Waals surface area contributed by atoms with Crippen molar-refractivity contribution in [3.63, 3.8) is 0 Å². The fourth-order valence-electron chi connectivity index (χ4n) is 3.88. The largest absolute Gasteiger partial charge is 0.315 e. The van der Waals surface area contributed by atoms with Gasteiger partial charge in [-0.05, 0) is 72.7 Å². The molecule has 0 aliphatic carbocycles. The number of sulfonamides is 1. The molecule has 0 saturated carbocycles. The third-order valence-corrected chi connectivity index (χ3v) is 7.93. The molecule has 0 spiro atoms. The number of fused-ring (bicyclic) bond motifs is 1. The van der Waals surface area contributed by atoms with Gasteiger partial charge in [-0.3, -0.25) is 4.98 Å². The second-order valence-electron chi connectivity index (χ2n) is 8.04. The number of hydrogen-bond acceptors (Lipinski definition) is 5. The zero-order valence-electron chi connectivity index (χ0n) is 19.2. The molecule has 0 saturated heterocycles. The van der Waals surface area contributed by atoms with Gasteiger partial charge >= 0.3 is 0 Å². The molecule has 34 heavy (non-hydrogen) atoms. The summed E-state index contributed by atoms with van der Waals surface area (Å²) < 4.78 is 29.1. The summed E-state index contributed by atoms with van der Waals surface area (Å²) in [7, 11) is -3.68. The number of thioether (sulfide) groups is 1. The van der Waals surface area contributed by atoms with Gasteiger partial charge in [-0.2, -0.15) is 0 Å². The quantitative estimate of drug-likeness (QED) is 0.225. The van der Waals surface area contributed by atoms with E-state index in [4.69, 9.17) is 0 Å². The van der Waals surface area contributed by atoms with E-state index in [0.29, 0.717) is 18.5 Å². The van der Waals surface area contributed by atoms with E-state index in [0.717, 1.165) is 35.9 Å². The summed E-state index contributed by atoms with van der Waals surface area (Å²) in [6, 6.07) is 23.9. The first kappa shape index (κ1) is 24.4. The molecule has 0 bridgehead atoms. The van der Waals surface area contributed by atoms with Crippen LogP contribution in [0.15, 0.2) is 95.0 Å². The highest BCUT2D eigenvalue weighted by Crippen LogP contribution is 2.30. The van der Waals surface area contributed by atoms with Crippen LogP contribution in [0.2, 0.25) is 0 Å². The summed E-state index contributed by atoms with van der Waals surface area (Å²) in [6.45, 7) is 1.74. The fraction of sp³-hybridized carbons (Fsp3) is 0.222. The number of benzene rings is 3. The Bertz CT molecular complexity index is 1330. The standard InChI is InChI=1S/C27H29N3O2S2/c1-33-25-11-9-21(10-12-25)6-5-14-28-16-17-30-34(31,32)27-19-23(22-7-3-2-4-8-22)18-24-20-29-15-13-26(24)27/h2-4,7-13,15,18-20,28,30H,5-6,14,16-17H2,1H3. The Morgan fingerprint density at radius 3 is 2.44 bits per heavy atom. The third kappa shape index (κ3) is 6.24. The van der Waals surface area contributed by atoms with Crippen LogP contribution >= 0.6 is 11.8 Å². The average Bonchev–Trinajstić information content (AvgIpc) is 2.88. The van der Waals surface area contributed by atoms with Gasteiger partial charge in [0.05, 0.1) is 4.90 Å². The molecular weight excluding hydrogens is 462 g/mol. The van der Waals surface area contributed by atoms with Crippen LogP contribution in [-0.2, 0) is 16.4 Å². The van der Waals surface area contributed by atoms with E-state index in [-0.39, 0.29) is 4.90 Å². The number of aromatic nitrogens is 1. The van der Waals surface area contributed by atoms with Crippen molar-refractivity contribution >= 4 is 32.6 Å². The third-order valence-electron chi connectivity index (χ3n) is 5.68. The van der Waals surface area contributed by atoms with E-state index in [1.165, 1.54) is 10.5 Å². The fourth-order valence-corrected chi connectivity index (χ4v) is 5.57. The van der Waals surface area contributed by atoms with Crippen molar-refractivity contribution in [1.82, 2.24) is 15.0 Å². The minimum atomic E-state index is -3.68. The number of pyridine rings is 1. The summed E-state index contributed by atoms with van der Waals surface area (Å²) in [5.41, 5.74) is 3.14. The Morgan fingerprint density at radius 2 is 1.68 bits per heavy atom. The first-order valence-corrected chi connectivity index (χ1v) is 14.0. The Morgan fingerprint density at radius 1 is 0.882 bits per heavy atom. The van der Waals surface area contributed by atoms with Crippen LogP contribution in [0.25, 0.3) is 21.9 Å². The summed E-state index contributed by atoms with van der Waals surface area (Å²) in [5, 5.41) is 4.80. The highest BCUT2D eigenvalue weighted by atomic mass is 32.2. The maximum absolute atomic E-state index is 13.2. The summed E-state index contributed by atoms with van der Waals surface area (Å²) in [6.07, 6.45) is 7.41. The summed E-state index contributed by atoms with van der Waals surface area (Å²) in [5.74, 6) is 0. The van der Waals surface area contributed by atoms with Crippen LogP contribution in [-0.4, -0.2) is 39.3 Å². The Kier molecular flexibility index (Phi) is 8.34. The number of nitrogens with zero attached hydrogens (tertiary/aromatic N) is 1. The van der Waals surface area contributed by atoms with Crippen LogP contribution in [0.4, 0.5) is 0 Å². The number of aryl methyl sites for hydroxylation is 1. The monoisotopic (exact) mass is 491 g/mol. The average molecular weight is 492 g/mol. The predicted octanol–water partition coefficient (Wildman–Crippen LogP) is 5.12. The zero-order chi connectivity index (χ0) is 23.8. The minimum Gasteiger partial charge on any atom is -0.315 e. The molecule has 3 aromatic carbocycles. The normalized spacial score (nSPS) is 11.7. The van der Waals surface area contributed by atoms with Crippen LogP contribution in [0.5, 0.6) is 0 Å². The first-order chi connectivity index (χ1) is 16.6. The lowest BCUT2D eigenvalue weighted by molar-refractivity contribution is 0.575.